The predicted molar refractivity (Wildman–Crippen MR) is 97.6 cm³/mol. The topological polar surface area (TPSA) is 101 Å². The van der Waals surface area contributed by atoms with E-state index in [-0.39, 0.29) is 22.8 Å². The highest BCUT2D eigenvalue weighted by Gasteiger charge is 2.27. The minimum absolute atomic E-state index is 0.0639. The Kier molecular flexibility index (Phi) is 5.06. The second-order valence-electron chi connectivity index (χ2n) is 6.26. The molecular formula is C18H21N3O3S. The van der Waals surface area contributed by atoms with E-state index in [1.165, 1.54) is 12.1 Å². The van der Waals surface area contributed by atoms with Crippen LogP contribution >= 0.6 is 0 Å². The summed E-state index contributed by atoms with van der Waals surface area (Å²) < 4.78 is 27.3. The average Bonchev–Trinajstić information content (AvgIpc) is 3.02. The van der Waals surface area contributed by atoms with E-state index < -0.39 is 10.0 Å². The van der Waals surface area contributed by atoms with Crippen LogP contribution in [0.5, 0.6) is 0 Å². The Balaban J connectivity index is 1.66. The largest absolute Gasteiger partial charge is 0.328 e. The van der Waals surface area contributed by atoms with Gasteiger partial charge in [0.15, 0.2) is 0 Å². The Hall–Kier alpha value is -2.38. The standard InChI is InChI=1S/C18H21N3O3S/c19-14-7-6-13(12-14)18(22)20-15-8-10-17(11-9-15)25(23,24)21-16-4-2-1-3-5-16/h1-5,8-11,13-14,21H,6-7,12,19H2,(H,20,22). The summed E-state index contributed by atoms with van der Waals surface area (Å²) in [7, 11) is -3.66. The lowest BCUT2D eigenvalue weighted by Crippen LogP contribution is -2.23. The van der Waals surface area contributed by atoms with Crippen LogP contribution in [0.15, 0.2) is 59.5 Å². The van der Waals surface area contributed by atoms with Gasteiger partial charge in [0.1, 0.15) is 0 Å². The normalized spacial score (nSPS) is 20.2. The first-order chi connectivity index (χ1) is 11.9. The van der Waals surface area contributed by atoms with E-state index >= 15 is 0 Å². The van der Waals surface area contributed by atoms with Gasteiger partial charge in [-0.25, -0.2) is 8.42 Å². The second-order valence-corrected chi connectivity index (χ2v) is 7.94. The van der Waals surface area contributed by atoms with Crippen LogP contribution in [0.2, 0.25) is 0 Å². The van der Waals surface area contributed by atoms with E-state index in [4.69, 9.17) is 5.73 Å². The first-order valence-corrected chi connectivity index (χ1v) is 9.67. The molecule has 2 aromatic rings. The van der Waals surface area contributed by atoms with Gasteiger partial charge in [-0.1, -0.05) is 18.2 Å². The number of amides is 1. The van der Waals surface area contributed by atoms with E-state index in [0.29, 0.717) is 17.8 Å². The van der Waals surface area contributed by atoms with Crippen molar-refractivity contribution in [2.75, 3.05) is 10.0 Å². The van der Waals surface area contributed by atoms with Crippen LogP contribution in [-0.4, -0.2) is 20.4 Å². The maximum absolute atomic E-state index is 12.4. The smallest absolute Gasteiger partial charge is 0.261 e. The zero-order chi connectivity index (χ0) is 17.9. The molecule has 0 heterocycles. The molecule has 0 saturated heterocycles. The Labute approximate surface area is 147 Å². The Morgan fingerprint density at radius 1 is 0.960 bits per heavy atom. The third-order valence-electron chi connectivity index (χ3n) is 4.30. The van der Waals surface area contributed by atoms with E-state index in [0.717, 1.165) is 12.8 Å². The van der Waals surface area contributed by atoms with Gasteiger partial charge in [0.25, 0.3) is 10.0 Å². The van der Waals surface area contributed by atoms with Gasteiger partial charge in [-0.2, -0.15) is 0 Å². The molecule has 0 aromatic heterocycles. The van der Waals surface area contributed by atoms with Crippen molar-refractivity contribution in [3.8, 4) is 0 Å². The lowest BCUT2D eigenvalue weighted by molar-refractivity contribution is -0.119. The molecule has 2 atom stereocenters. The van der Waals surface area contributed by atoms with Gasteiger partial charge in [0, 0.05) is 23.3 Å². The highest BCUT2D eigenvalue weighted by atomic mass is 32.2. The summed E-state index contributed by atoms with van der Waals surface area (Å²) >= 11 is 0. The van der Waals surface area contributed by atoms with Crippen LogP contribution in [0.1, 0.15) is 19.3 Å². The number of nitrogens with one attached hydrogen (secondary N) is 2. The molecule has 4 N–H and O–H groups in total. The van der Waals surface area contributed by atoms with Crippen molar-refractivity contribution in [1.82, 2.24) is 0 Å². The molecular weight excluding hydrogens is 338 g/mol. The summed E-state index contributed by atoms with van der Waals surface area (Å²) in [6.45, 7) is 0. The zero-order valence-electron chi connectivity index (χ0n) is 13.7. The monoisotopic (exact) mass is 359 g/mol. The van der Waals surface area contributed by atoms with Gasteiger partial charge in [0.05, 0.1) is 4.90 Å². The summed E-state index contributed by atoms with van der Waals surface area (Å²) in [4.78, 5) is 12.3. The summed E-state index contributed by atoms with van der Waals surface area (Å²) in [6.07, 6.45) is 2.35. The first-order valence-electron chi connectivity index (χ1n) is 8.18. The number of sulfonamides is 1. The van der Waals surface area contributed by atoms with Crippen LogP contribution in [0.25, 0.3) is 0 Å². The molecule has 0 spiro atoms. The predicted octanol–water partition coefficient (Wildman–Crippen LogP) is 2.55. The van der Waals surface area contributed by atoms with Crippen LogP contribution in [0.4, 0.5) is 11.4 Å². The van der Waals surface area contributed by atoms with Gasteiger partial charge in [-0.3, -0.25) is 9.52 Å². The number of hydrogen-bond acceptors (Lipinski definition) is 4. The summed E-state index contributed by atoms with van der Waals surface area (Å²) in [5.41, 5.74) is 6.90. The SMILES string of the molecule is NC1CCC(C(=O)Nc2ccc(S(=O)(=O)Nc3ccccc3)cc2)C1. The summed E-state index contributed by atoms with van der Waals surface area (Å²) in [5.74, 6) is -0.135. The summed E-state index contributed by atoms with van der Waals surface area (Å²) in [5, 5.41) is 2.82. The number of rotatable bonds is 5. The van der Waals surface area contributed by atoms with Gasteiger partial charge in [-0.05, 0) is 55.7 Å². The molecule has 1 saturated carbocycles. The fourth-order valence-electron chi connectivity index (χ4n) is 2.94. The number of para-hydroxylation sites is 1. The molecule has 1 aliphatic rings. The van der Waals surface area contributed by atoms with E-state index in [1.807, 2.05) is 6.07 Å². The quantitative estimate of drug-likeness (QED) is 0.763. The molecule has 1 aliphatic carbocycles. The van der Waals surface area contributed by atoms with Crippen LogP contribution < -0.4 is 15.8 Å². The van der Waals surface area contributed by atoms with Gasteiger partial charge in [0.2, 0.25) is 5.91 Å². The van der Waals surface area contributed by atoms with Crippen LogP contribution in [0.3, 0.4) is 0 Å². The van der Waals surface area contributed by atoms with Crippen LogP contribution in [0, 0.1) is 5.92 Å². The molecule has 3 rings (SSSR count). The highest BCUT2D eigenvalue weighted by Crippen LogP contribution is 2.26. The maximum atomic E-state index is 12.4. The minimum atomic E-state index is -3.66. The van der Waals surface area contributed by atoms with Gasteiger partial charge >= 0.3 is 0 Å². The zero-order valence-corrected chi connectivity index (χ0v) is 14.5. The lowest BCUT2D eigenvalue weighted by Gasteiger charge is -2.12. The van der Waals surface area contributed by atoms with Gasteiger partial charge < -0.3 is 11.1 Å². The number of hydrogen-bond donors (Lipinski definition) is 3. The van der Waals surface area contributed by atoms with Crippen molar-refractivity contribution in [3.05, 3.63) is 54.6 Å². The number of carbonyl (C=O) groups is 1. The molecule has 0 aliphatic heterocycles. The molecule has 132 valence electrons. The van der Waals surface area contributed by atoms with E-state index in [2.05, 4.69) is 10.0 Å². The average molecular weight is 359 g/mol. The van der Waals surface area contributed by atoms with Crippen LogP contribution in [-0.2, 0) is 14.8 Å². The van der Waals surface area contributed by atoms with Crippen molar-refractivity contribution < 1.29 is 13.2 Å². The molecule has 1 amide bonds. The van der Waals surface area contributed by atoms with E-state index in [1.54, 1.807) is 36.4 Å². The van der Waals surface area contributed by atoms with E-state index in [9.17, 15) is 13.2 Å². The maximum Gasteiger partial charge on any atom is 0.261 e. The molecule has 25 heavy (non-hydrogen) atoms. The molecule has 7 heteroatoms. The molecule has 0 radical (unpaired) electrons. The van der Waals surface area contributed by atoms with Crippen molar-refractivity contribution in [1.29, 1.82) is 0 Å². The second kappa shape index (κ2) is 7.25. The first kappa shape index (κ1) is 17.4. The van der Waals surface area contributed by atoms with Gasteiger partial charge in [-0.15, -0.1) is 0 Å². The molecule has 2 unspecified atom stereocenters. The number of anilines is 2. The fraction of sp³-hybridized carbons (Fsp3) is 0.278. The summed E-state index contributed by atoms with van der Waals surface area (Å²) in [6, 6.07) is 14.9. The third-order valence-corrected chi connectivity index (χ3v) is 5.70. The number of carbonyl (C=O) groups excluding carboxylic acids is 1. The lowest BCUT2D eigenvalue weighted by atomic mass is 10.1. The Morgan fingerprint density at radius 2 is 1.64 bits per heavy atom. The molecule has 1 fully saturated rings. The molecule has 0 bridgehead atoms. The third kappa shape index (κ3) is 4.37. The number of nitrogens with two attached hydrogens (primary N) is 1. The van der Waals surface area contributed by atoms with Crippen molar-refractivity contribution in [3.63, 3.8) is 0 Å². The Morgan fingerprint density at radius 3 is 2.24 bits per heavy atom. The minimum Gasteiger partial charge on any atom is -0.328 e. The Bertz CT molecular complexity index is 836. The molecule has 2 aromatic carbocycles. The van der Waals surface area contributed by atoms with Crippen molar-refractivity contribution >= 4 is 27.3 Å². The fourth-order valence-corrected chi connectivity index (χ4v) is 4.00. The van der Waals surface area contributed by atoms with Crippen molar-refractivity contribution in [2.45, 2.75) is 30.2 Å². The highest BCUT2D eigenvalue weighted by molar-refractivity contribution is 7.92. The van der Waals surface area contributed by atoms with Crippen molar-refractivity contribution in [2.24, 2.45) is 11.7 Å². The number of benzene rings is 2. The molecule has 6 nitrogen and oxygen atoms in total.